The lowest BCUT2D eigenvalue weighted by Gasteiger charge is -2.29. The monoisotopic (exact) mass is 300 g/mol. The fraction of sp³-hybridized carbons (Fsp3) is 0.619. The van der Waals surface area contributed by atoms with Crippen molar-refractivity contribution in [1.29, 1.82) is 0 Å². The van der Waals surface area contributed by atoms with E-state index < -0.39 is 0 Å². The van der Waals surface area contributed by atoms with Crippen LogP contribution in [0.2, 0.25) is 0 Å². The second-order valence-corrected chi connectivity index (χ2v) is 6.73. The molecule has 0 atom stereocenters. The lowest BCUT2D eigenvalue weighted by Crippen LogP contribution is -2.13. The van der Waals surface area contributed by atoms with Crippen LogP contribution in [0.5, 0.6) is 0 Å². The SMILES string of the molecule is C=CCCCC1CCC(c2ccc(COCCC)cc2)CC1. The Morgan fingerprint density at radius 2 is 1.86 bits per heavy atom. The highest BCUT2D eigenvalue weighted by Crippen LogP contribution is 2.37. The molecular formula is C21H32O. The zero-order valence-electron chi connectivity index (χ0n) is 14.2. The summed E-state index contributed by atoms with van der Waals surface area (Å²) in [4.78, 5) is 0. The van der Waals surface area contributed by atoms with Crippen LogP contribution >= 0.6 is 0 Å². The molecule has 0 unspecified atom stereocenters. The number of allylic oxidation sites excluding steroid dienone is 1. The van der Waals surface area contributed by atoms with E-state index in [9.17, 15) is 0 Å². The number of benzene rings is 1. The van der Waals surface area contributed by atoms with Gasteiger partial charge in [0.1, 0.15) is 0 Å². The normalized spacial score (nSPS) is 21.7. The van der Waals surface area contributed by atoms with Gasteiger partial charge >= 0.3 is 0 Å². The minimum Gasteiger partial charge on any atom is -0.377 e. The van der Waals surface area contributed by atoms with Crippen LogP contribution in [0, 0.1) is 5.92 Å². The Morgan fingerprint density at radius 1 is 1.14 bits per heavy atom. The minimum atomic E-state index is 0.754. The standard InChI is InChI=1S/C21H32O/c1-3-5-6-7-18-8-12-20(13-9-18)21-14-10-19(11-15-21)17-22-16-4-2/h3,10-11,14-15,18,20H,1,4-9,12-13,16-17H2,2H3. The number of rotatable bonds is 9. The van der Waals surface area contributed by atoms with Crippen LogP contribution in [0.1, 0.15) is 75.3 Å². The van der Waals surface area contributed by atoms with E-state index >= 15 is 0 Å². The van der Waals surface area contributed by atoms with Gasteiger partial charge in [-0.15, -0.1) is 6.58 Å². The molecule has 0 spiro atoms. The Kier molecular flexibility index (Phi) is 7.73. The van der Waals surface area contributed by atoms with E-state index in [4.69, 9.17) is 4.74 Å². The van der Waals surface area contributed by atoms with Crippen molar-refractivity contribution < 1.29 is 4.74 Å². The Balaban J connectivity index is 1.75. The van der Waals surface area contributed by atoms with Crippen molar-refractivity contribution in [2.75, 3.05) is 6.61 Å². The van der Waals surface area contributed by atoms with Gasteiger partial charge in [-0.1, -0.05) is 43.7 Å². The average Bonchev–Trinajstić information content (AvgIpc) is 2.57. The van der Waals surface area contributed by atoms with Gasteiger partial charge in [-0.25, -0.2) is 0 Å². The number of hydrogen-bond donors (Lipinski definition) is 0. The van der Waals surface area contributed by atoms with Gasteiger partial charge in [0.05, 0.1) is 6.61 Å². The summed E-state index contributed by atoms with van der Waals surface area (Å²) in [7, 11) is 0. The smallest absolute Gasteiger partial charge is 0.0716 e. The van der Waals surface area contributed by atoms with Crippen LogP contribution in [-0.2, 0) is 11.3 Å². The molecule has 0 amide bonds. The van der Waals surface area contributed by atoms with E-state index in [1.165, 1.54) is 56.1 Å². The van der Waals surface area contributed by atoms with Crippen LogP contribution in [-0.4, -0.2) is 6.61 Å². The first kappa shape index (κ1) is 17.3. The van der Waals surface area contributed by atoms with E-state index in [1.807, 2.05) is 0 Å². The number of unbranched alkanes of at least 4 members (excludes halogenated alkanes) is 1. The van der Waals surface area contributed by atoms with Crippen molar-refractivity contribution in [2.45, 2.75) is 70.8 Å². The Hall–Kier alpha value is -1.08. The summed E-state index contributed by atoms with van der Waals surface area (Å²) in [5.41, 5.74) is 2.83. The predicted molar refractivity (Wildman–Crippen MR) is 95.1 cm³/mol. The van der Waals surface area contributed by atoms with E-state index in [0.717, 1.165) is 31.5 Å². The maximum absolute atomic E-state index is 5.61. The molecule has 0 radical (unpaired) electrons. The first-order chi connectivity index (χ1) is 10.8. The Morgan fingerprint density at radius 3 is 2.50 bits per heavy atom. The largest absolute Gasteiger partial charge is 0.377 e. The molecule has 0 aromatic heterocycles. The molecule has 1 aliphatic carbocycles. The van der Waals surface area contributed by atoms with Gasteiger partial charge in [0.2, 0.25) is 0 Å². The van der Waals surface area contributed by atoms with Crippen LogP contribution in [0.25, 0.3) is 0 Å². The van der Waals surface area contributed by atoms with Crippen molar-refractivity contribution in [3.8, 4) is 0 Å². The third-order valence-electron chi connectivity index (χ3n) is 4.94. The highest BCUT2D eigenvalue weighted by atomic mass is 16.5. The number of hydrogen-bond acceptors (Lipinski definition) is 1. The van der Waals surface area contributed by atoms with Gasteiger partial charge < -0.3 is 4.74 Å². The average molecular weight is 300 g/mol. The molecule has 0 heterocycles. The third-order valence-corrected chi connectivity index (χ3v) is 4.94. The maximum atomic E-state index is 5.61. The van der Waals surface area contributed by atoms with E-state index in [2.05, 4.69) is 43.8 Å². The molecule has 1 aliphatic rings. The molecule has 1 nitrogen and oxygen atoms in total. The highest BCUT2D eigenvalue weighted by Gasteiger charge is 2.21. The molecule has 1 aromatic carbocycles. The summed E-state index contributed by atoms with van der Waals surface area (Å²) < 4.78 is 5.61. The topological polar surface area (TPSA) is 9.23 Å². The second kappa shape index (κ2) is 9.84. The quantitative estimate of drug-likeness (QED) is 0.387. The zero-order valence-corrected chi connectivity index (χ0v) is 14.2. The fourth-order valence-electron chi connectivity index (χ4n) is 3.56. The molecule has 0 N–H and O–H groups in total. The molecule has 22 heavy (non-hydrogen) atoms. The van der Waals surface area contributed by atoms with Gasteiger partial charge in [-0.05, 0) is 67.9 Å². The van der Waals surface area contributed by atoms with Crippen molar-refractivity contribution in [3.63, 3.8) is 0 Å². The van der Waals surface area contributed by atoms with E-state index in [1.54, 1.807) is 0 Å². The van der Waals surface area contributed by atoms with Gasteiger partial charge in [0.25, 0.3) is 0 Å². The molecule has 1 saturated carbocycles. The van der Waals surface area contributed by atoms with Gasteiger partial charge in [-0.2, -0.15) is 0 Å². The van der Waals surface area contributed by atoms with E-state index in [0.29, 0.717) is 0 Å². The van der Waals surface area contributed by atoms with Crippen molar-refractivity contribution >= 4 is 0 Å². The summed E-state index contributed by atoms with van der Waals surface area (Å²) in [6.45, 7) is 7.58. The van der Waals surface area contributed by atoms with Gasteiger partial charge in [0, 0.05) is 6.61 Å². The van der Waals surface area contributed by atoms with Crippen molar-refractivity contribution in [2.24, 2.45) is 5.92 Å². The lowest BCUT2D eigenvalue weighted by molar-refractivity contribution is 0.121. The second-order valence-electron chi connectivity index (χ2n) is 6.73. The van der Waals surface area contributed by atoms with E-state index in [-0.39, 0.29) is 0 Å². The van der Waals surface area contributed by atoms with Crippen LogP contribution in [0.15, 0.2) is 36.9 Å². The molecular weight excluding hydrogens is 268 g/mol. The molecule has 1 aromatic rings. The van der Waals surface area contributed by atoms with Crippen LogP contribution in [0.4, 0.5) is 0 Å². The molecule has 1 fully saturated rings. The first-order valence-corrected chi connectivity index (χ1v) is 9.11. The summed E-state index contributed by atoms with van der Waals surface area (Å²) in [5.74, 6) is 1.74. The fourth-order valence-corrected chi connectivity index (χ4v) is 3.56. The zero-order chi connectivity index (χ0) is 15.6. The maximum Gasteiger partial charge on any atom is 0.0716 e. The summed E-state index contributed by atoms with van der Waals surface area (Å²) in [6, 6.07) is 9.16. The summed E-state index contributed by atoms with van der Waals surface area (Å²) in [6.07, 6.45) is 12.6. The first-order valence-electron chi connectivity index (χ1n) is 9.11. The Bertz CT molecular complexity index is 412. The highest BCUT2D eigenvalue weighted by molar-refractivity contribution is 5.25. The molecule has 0 saturated heterocycles. The van der Waals surface area contributed by atoms with Gasteiger partial charge in [-0.3, -0.25) is 0 Å². The molecule has 0 aliphatic heterocycles. The van der Waals surface area contributed by atoms with Gasteiger partial charge in [0.15, 0.2) is 0 Å². The minimum absolute atomic E-state index is 0.754. The molecule has 122 valence electrons. The molecule has 0 bridgehead atoms. The number of ether oxygens (including phenoxy) is 1. The lowest BCUT2D eigenvalue weighted by atomic mass is 9.77. The summed E-state index contributed by atoms with van der Waals surface area (Å²) in [5, 5.41) is 0. The van der Waals surface area contributed by atoms with Crippen LogP contribution < -0.4 is 0 Å². The molecule has 2 rings (SSSR count). The van der Waals surface area contributed by atoms with Crippen LogP contribution in [0.3, 0.4) is 0 Å². The Labute approximate surface area is 136 Å². The summed E-state index contributed by atoms with van der Waals surface area (Å²) >= 11 is 0. The third kappa shape index (κ3) is 5.61. The van der Waals surface area contributed by atoms with Crippen molar-refractivity contribution in [1.82, 2.24) is 0 Å². The predicted octanol–water partition coefficient (Wildman–Crippen LogP) is 6.24. The van der Waals surface area contributed by atoms with Crippen molar-refractivity contribution in [3.05, 3.63) is 48.0 Å². The molecule has 1 heteroatoms.